The molecule has 0 aliphatic heterocycles. The van der Waals surface area contributed by atoms with Gasteiger partial charge in [-0.25, -0.2) is 4.98 Å². The molecule has 0 spiro atoms. The molecule has 0 aliphatic carbocycles. The lowest BCUT2D eigenvalue weighted by Crippen LogP contribution is -2.12. The minimum atomic E-state index is 0.620. The van der Waals surface area contributed by atoms with Crippen molar-refractivity contribution in [3.05, 3.63) is 73.3 Å². The Kier molecular flexibility index (Phi) is 6.03. The molecule has 1 heterocycles. The lowest BCUT2D eigenvalue weighted by atomic mass is 10.2. The Labute approximate surface area is 164 Å². The van der Waals surface area contributed by atoms with E-state index in [1.807, 2.05) is 30.5 Å². The van der Waals surface area contributed by atoms with Gasteiger partial charge in [0, 0.05) is 39.9 Å². The van der Waals surface area contributed by atoms with Crippen LogP contribution >= 0.6 is 57.7 Å². The van der Waals surface area contributed by atoms with Gasteiger partial charge < -0.3 is 5.32 Å². The van der Waals surface area contributed by atoms with Gasteiger partial charge in [-0.15, -0.1) is 11.3 Å². The first-order valence-corrected chi connectivity index (χ1v) is 9.40. The molecule has 124 valence electrons. The monoisotopic (exact) mass is 416 g/mol. The molecule has 0 fully saturated rings. The van der Waals surface area contributed by atoms with Crippen molar-refractivity contribution in [1.82, 2.24) is 10.3 Å². The molecule has 7 heteroatoms. The Hall–Kier alpha value is -0.810. The zero-order chi connectivity index (χ0) is 17.1. The lowest BCUT2D eigenvalue weighted by Gasteiger charge is -2.05. The summed E-state index contributed by atoms with van der Waals surface area (Å²) >= 11 is 25.8. The number of aromatic nitrogens is 1. The number of hydrogen-bond acceptors (Lipinski definition) is 3. The highest BCUT2D eigenvalue weighted by atomic mass is 35.5. The molecule has 0 saturated carbocycles. The van der Waals surface area contributed by atoms with Crippen molar-refractivity contribution in [2.45, 2.75) is 13.1 Å². The number of hydrogen-bond donors (Lipinski definition) is 1. The summed E-state index contributed by atoms with van der Waals surface area (Å²) in [7, 11) is 0. The second-order valence-corrected chi connectivity index (χ2v) is 7.88. The molecular weight excluding hydrogens is 406 g/mol. The molecule has 0 amide bonds. The molecule has 0 atom stereocenters. The molecule has 0 unspecified atom stereocenters. The van der Waals surface area contributed by atoms with Crippen LogP contribution < -0.4 is 5.32 Å². The Balaban J connectivity index is 1.64. The fourth-order valence-electron chi connectivity index (χ4n) is 2.17. The number of nitrogens with zero attached hydrogens (tertiary/aromatic N) is 1. The average Bonchev–Trinajstić information content (AvgIpc) is 2.98. The molecule has 0 saturated heterocycles. The van der Waals surface area contributed by atoms with Crippen LogP contribution in [0.15, 0.2) is 42.6 Å². The van der Waals surface area contributed by atoms with E-state index in [1.165, 1.54) is 0 Å². The molecule has 3 rings (SSSR count). The fraction of sp³-hybridized carbons (Fsp3) is 0.118. The minimum Gasteiger partial charge on any atom is -0.306 e. The summed E-state index contributed by atoms with van der Waals surface area (Å²) < 4.78 is 0. The van der Waals surface area contributed by atoms with Gasteiger partial charge in [0.2, 0.25) is 0 Å². The third kappa shape index (κ3) is 4.42. The Morgan fingerprint density at radius 3 is 2.29 bits per heavy atom. The van der Waals surface area contributed by atoms with E-state index in [9.17, 15) is 0 Å². The second kappa shape index (κ2) is 8.05. The van der Waals surface area contributed by atoms with Crippen molar-refractivity contribution in [2.75, 3.05) is 0 Å². The molecule has 0 aliphatic rings. The number of benzene rings is 2. The van der Waals surface area contributed by atoms with E-state index >= 15 is 0 Å². The number of rotatable bonds is 5. The summed E-state index contributed by atoms with van der Waals surface area (Å²) in [5.41, 5.74) is 1.93. The van der Waals surface area contributed by atoms with E-state index in [-0.39, 0.29) is 0 Å². The van der Waals surface area contributed by atoms with E-state index < -0.39 is 0 Å². The van der Waals surface area contributed by atoms with E-state index in [4.69, 9.17) is 46.4 Å². The van der Waals surface area contributed by atoms with Crippen LogP contribution in [-0.4, -0.2) is 4.98 Å². The highest BCUT2D eigenvalue weighted by Crippen LogP contribution is 2.33. The van der Waals surface area contributed by atoms with Crippen LogP contribution in [0.4, 0.5) is 0 Å². The standard InChI is InChI=1S/C17H12Cl4N2S/c18-11-2-1-10(14(20)5-11)7-22-9-17-23-8-16(24-17)13-4-3-12(19)6-15(13)21/h1-6,8,22H,7,9H2. The summed E-state index contributed by atoms with van der Waals surface area (Å²) in [4.78, 5) is 5.45. The maximum atomic E-state index is 6.24. The molecular formula is C17H12Cl4N2S. The van der Waals surface area contributed by atoms with Gasteiger partial charge in [0.05, 0.1) is 9.90 Å². The fourth-order valence-corrected chi connectivity index (χ4v) is 4.14. The van der Waals surface area contributed by atoms with Crippen LogP contribution in [-0.2, 0) is 13.1 Å². The van der Waals surface area contributed by atoms with E-state index in [0.717, 1.165) is 21.0 Å². The van der Waals surface area contributed by atoms with Crippen LogP contribution in [0.1, 0.15) is 10.6 Å². The summed E-state index contributed by atoms with van der Waals surface area (Å²) in [5, 5.41) is 6.84. The van der Waals surface area contributed by atoms with Crippen LogP contribution in [0.5, 0.6) is 0 Å². The first kappa shape index (κ1) is 18.0. The van der Waals surface area contributed by atoms with Gasteiger partial charge in [0.1, 0.15) is 5.01 Å². The third-order valence-corrected chi connectivity index (χ3v) is 5.52. The van der Waals surface area contributed by atoms with Gasteiger partial charge in [-0.05, 0) is 29.8 Å². The van der Waals surface area contributed by atoms with Gasteiger partial charge in [0.15, 0.2) is 0 Å². The molecule has 3 aromatic rings. The quantitative estimate of drug-likeness (QED) is 0.498. The van der Waals surface area contributed by atoms with Gasteiger partial charge in [0.25, 0.3) is 0 Å². The zero-order valence-electron chi connectivity index (χ0n) is 12.3. The summed E-state index contributed by atoms with van der Waals surface area (Å²) in [6.07, 6.45) is 1.83. The summed E-state index contributed by atoms with van der Waals surface area (Å²) in [6, 6.07) is 10.9. The molecule has 2 aromatic carbocycles. The van der Waals surface area contributed by atoms with Crippen LogP contribution in [0.2, 0.25) is 20.1 Å². The maximum Gasteiger partial charge on any atom is 0.107 e. The van der Waals surface area contributed by atoms with E-state index in [2.05, 4.69) is 10.3 Å². The minimum absolute atomic E-state index is 0.620. The SMILES string of the molecule is Clc1ccc(CNCc2ncc(-c3ccc(Cl)cc3Cl)s2)c(Cl)c1. The Morgan fingerprint density at radius 1 is 0.875 bits per heavy atom. The molecule has 1 N–H and O–H groups in total. The zero-order valence-corrected chi connectivity index (χ0v) is 16.2. The maximum absolute atomic E-state index is 6.24. The van der Waals surface area contributed by atoms with Crippen molar-refractivity contribution in [3.8, 4) is 10.4 Å². The average molecular weight is 418 g/mol. The highest BCUT2D eigenvalue weighted by Gasteiger charge is 2.09. The van der Waals surface area contributed by atoms with Crippen LogP contribution in [0.25, 0.3) is 10.4 Å². The van der Waals surface area contributed by atoms with Crippen molar-refractivity contribution >= 4 is 57.7 Å². The highest BCUT2D eigenvalue weighted by molar-refractivity contribution is 7.15. The lowest BCUT2D eigenvalue weighted by molar-refractivity contribution is 0.690. The van der Waals surface area contributed by atoms with E-state index in [1.54, 1.807) is 23.5 Å². The molecule has 2 nitrogen and oxygen atoms in total. The normalized spacial score (nSPS) is 11.0. The Morgan fingerprint density at radius 2 is 1.58 bits per heavy atom. The predicted molar refractivity (Wildman–Crippen MR) is 105 cm³/mol. The van der Waals surface area contributed by atoms with Crippen LogP contribution in [0, 0.1) is 0 Å². The van der Waals surface area contributed by atoms with Crippen molar-refractivity contribution in [1.29, 1.82) is 0 Å². The predicted octanol–water partition coefficient (Wildman–Crippen LogP) is 6.71. The first-order chi connectivity index (χ1) is 11.5. The summed E-state index contributed by atoms with van der Waals surface area (Å²) in [5.74, 6) is 0. The topological polar surface area (TPSA) is 24.9 Å². The van der Waals surface area contributed by atoms with Crippen molar-refractivity contribution in [2.24, 2.45) is 0 Å². The van der Waals surface area contributed by atoms with Crippen molar-refractivity contribution < 1.29 is 0 Å². The molecule has 0 bridgehead atoms. The molecule has 24 heavy (non-hydrogen) atoms. The van der Waals surface area contributed by atoms with Crippen molar-refractivity contribution in [3.63, 3.8) is 0 Å². The number of nitrogens with one attached hydrogen (secondary N) is 1. The van der Waals surface area contributed by atoms with Crippen LogP contribution in [0.3, 0.4) is 0 Å². The molecule has 1 aromatic heterocycles. The third-order valence-electron chi connectivity index (χ3n) is 3.36. The molecule has 0 radical (unpaired) electrons. The smallest absolute Gasteiger partial charge is 0.107 e. The van der Waals surface area contributed by atoms with Gasteiger partial charge in [-0.1, -0.05) is 58.5 Å². The van der Waals surface area contributed by atoms with Gasteiger partial charge in [-0.3, -0.25) is 0 Å². The van der Waals surface area contributed by atoms with Gasteiger partial charge in [-0.2, -0.15) is 0 Å². The number of thiazole rings is 1. The Bertz CT molecular complexity index is 864. The number of halogens is 4. The second-order valence-electron chi connectivity index (χ2n) is 5.08. The summed E-state index contributed by atoms with van der Waals surface area (Å²) in [6.45, 7) is 1.29. The first-order valence-electron chi connectivity index (χ1n) is 7.07. The largest absolute Gasteiger partial charge is 0.306 e. The van der Waals surface area contributed by atoms with Gasteiger partial charge >= 0.3 is 0 Å². The van der Waals surface area contributed by atoms with E-state index in [0.29, 0.717) is 33.2 Å².